The first-order valence-corrected chi connectivity index (χ1v) is 8.93. The molecule has 0 atom stereocenters. The molecule has 0 spiro atoms. The van der Waals surface area contributed by atoms with E-state index in [4.69, 9.17) is 4.42 Å². The predicted molar refractivity (Wildman–Crippen MR) is 110 cm³/mol. The van der Waals surface area contributed by atoms with E-state index >= 15 is 0 Å². The van der Waals surface area contributed by atoms with Crippen molar-refractivity contribution >= 4 is 43.6 Å². The molecule has 0 N–H and O–H groups in total. The highest BCUT2D eigenvalue weighted by atomic mass is 16.3. The van der Waals surface area contributed by atoms with Gasteiger partial charge >= 0.3 is 0 Å². The molecular weight excluding hydrogens is 332 g/mol. The van der Waals surface area contributed by atoms with Gasteiger partial charge in [-0.25, -0.2) is 9.97 Å². The molecule has 0 aliphatic heterocycles. The van der Waals surface area contributed by atoms with Gasteiger partial charge in [0.1, 0.15) is 11.9 Å². The molecule has 6 aromatic rings. The summed E-state index contributed by atoms with van der Waals surface area (Å²) in [6.07, 6.45) is 1.58. The summed E-state index contributed by atoms with van der Waals surface area (Å²) in [4.78, 5) is 9.06. The van der Waals surface area contributed by atoms with Crippen LogP contribution < -0.4 is 0 Å². The second-order valence-electron chi connectivity index (χ2n) is 6.73. The van der Waals surface area contributed by atoms with Gasteiger partial charge in [-0.15, -0.1) is 0 Å². The van der Waals surface area contributed by atoms with Crippen LogP contribution >= 0.6 is 0 Å². The lowest BCUT2D eigenvalue weighted by molar-refractivity contribution is 0.653. The minimum Gasteiger partial charge on any atom is -0.438 e. The third kappa shape index (κ3) is 2.09. The molecule has 2 aromatic heterocycles. The molecule has 0 fully saturated rings. The summed E-state index contributed by atoms with van der Waals surface area (Å²) in [5.41, 5.74) is 3.46. The van der Waals surface area contributed by atoms with E-state index in [9.17, 15) is 0 Å². The van der Waals surface area contributed by atoms with Gasteiger partial charge in [-0.05, 0) is 33.7 Å². The molecule has 0 unspecified atom stereocenters. The van der Waals surface area contributed by atoms with Crippen LogP contribution in [0.5, 0.6) is 0 Å². The Hall–Kier alpha value is -3.72. The second kappa shape index (κ2) is 5.39. The average molecular weight is 346 g/mol. The number of furan rings is 1. The largest absolute Gasteiger partial charge is 0.438 e. The van der Waals surface area contributed by atoms with Crippen LogP contribution in [0.1, 0.15) is 0 Å². The Morgan fingerprint density at radius 3 is 2.26 bits per heavy atom. The van der Waals surface area contributed by atoms with Crippen LogP contribution in [0.4, 0.5) is 0 Å². The molecule has 6 rings (SSSR count). The fourth-order valence-corrected chi connectivity index (χ4v) is 3.93. The molecule has 126 valence electrons. The van der Waals surface area contributed by atoms with Crippen LogP contribution in [-0.4, -0.2) is 9.97 Å². The Morgan fingerprint density at radius 1 is 0.630 bits per heavy atom. The average Bonchev–Trinajstić information content (AvgIpc) is 3.09. The smallest absolute Gasteiger partial charge is 0.230 e. The first kappa shape index (κ1) is 14.4. The molecule has 3 heteroatoms. The zero-order chi connectivity index (χ0) is 17.8. The molecular formula is C24H14N2O. The first-order valence-electron chi connectivity index (χ1n) is 8.93. The molecule has 0 aliphatic rings. The number of nitrogens with zero attached hydrogens (tertiary/aromatic N) is 2. The van der Waals surface area contributed by atoms with E-state index in [1.54, 1.807) is 6.33 Å². The van der Waals surface area contributed by atoms with E-state index in [0.717, 1.165) is 33.0 Å². The topological polar surface area (TPSA) is 38.9 Å². The monoisotopic (exact) mass is 346 g/mol. The third-order valence-electron chi connectivity index (χ3n) is 5.18. The Bertz CT molecular complexity index is 1470. The second-order valence-corrected chi connectivity index (χ2v) is 6.73. The van der Waals surface area contributed by atoms with E-state index in [-0.39, 0.29) is 0 Å². The zero-order valence-corrected chi connectivity index (χ0v) is 14.4. The van der Waals surface area contributed by atoms with E-state index in [0.29, 0.717) is 5.71 Å². The van der Waals surface area contributed by atoms with Crippen molar-refractivity contribution in [2.75, 3.05) is 0 Å². The first-order chi connectivity index (χ1) is 13.4. The minimum absolute atomic E-state index is 0.623. The van der Waals surface area contributed by atoms with Gasteiger partial charge in [-0.2, -0.15) is 0 Å². The summed E-state index contributed by atoms with van der Waals surface area (Å²) in [6, 6.07) is 27.3. The van der Waals surface area contributed by atoms with Gasteiger partial charge in [0.15, 0.2) is 0 Å². The Morgan fingerprint density at radius 2 is 1.37 bits per heavy atom. The molecule has 0 saturated heterocycles. The Kier molecular flexibility index (Phi) is 2.88. The van der Waals surface area contributed by atoms with Crippen LogP contribution in [0.2, 0.25) is 0 Å². The van der Waals surface area contributed by atoms with Crippen LogP contribution in [0.15, 0.2) is 89.6 Å². The lowest BCUT2D eigenvalue weighted by Crippen LogP contribution is -1.88. The summed E-state index contributed by atoms with van der Waals surface area (Å²) >= 11 is 0. The molecule has 0 aliphatic carbocycles. The van der Waals surface area contributed by atoms with E-state index in [1.807, 2.05) is 6.07 Å². The van der Waals surface area contributed by atoms with Gasteiger partial charge in [0.05, 0.1) is 11.1 Å². The number of hydrogen-bond acceptors (Lipinski definition) is 3. The van der Waals surface area contributed by atoms with E-state index in [1.165, 1.54) is 16.2 Å². The van der Waals surface area contributed by atoms with Crippen molar-refractivity contribution in [3.63, 3.8) is 0 Å². The highest BCUT2D eigenvalue weighted by Crippen LogP contribution is 2.38. The van der Waals surface area contributed by atoms with Gasteiger partial charge in [-0.1, -0.05) is 66.7 Å². The van der Waals surface area contributed by atoms with Crippen molar-refractivity contribution in [3.05, 3.63) is 85.2 Å². The van der Waals surface area contributed by atoms with Crippen molar-refractivity contribution in [1.29, 1.82) is 0 Å². The summed E-state index contributed by atoms with van der Waals surface area (Å²) in [7, 11) is 0. The maximum Gasteiger partial charge on any atom is 0.230 e. The fraction of sp³-hybridized carbons (Fsp3) is 0. The van der Waals surface area contributed by atoms with Crippen molar-refractivity contribution in [2.45, 2.75) is 0 Å². The number of benzene rings is 4. The lowest BCUT2D eigenvalue weighted by atomic mass is 9.99. The third-order valence-corrected chi connectivity index (χ3v) is 5.18. The molecule has 2 heterocycles. The lowest BCUT2D eigenvalue weighted by Gasteiger charge is -2.07. The SMILES string of the molecule is c1ccc2cc3c(cc2c1)oc1ncnc(-c2cccc4ccccc24)c13. The Balaban J connectivity index is 1.78. The summed E-state index contributed by atoms with van der Waals surface area (Å²) in [5.74, 6) is 0. The van der Waals surface area contributed by atoms with E-state index in [2.05, 4.69) is 82.8 Å². The molecule has 0 saturated carbocycles. The summed E-state index contributed by atoms with van der Waals surface area (Å²) < 4.78 is 6.08. The number of rotatable bonds is 1. The number of fused-ring (bicyclic) bond motifs is 5. The van der Waals surface area contributed by atoms with E-state index < -0.39 is 0 Å². The van der Waals surface area contributed by atoms with Crippen LogP contribution in [0, 0.1) is 0 Å². The maximum atomic E-state index is 6.08. The molecule has 27 heavy (non-hydrogen) atoms. The number of hydrogen-bond donors (Lipinski definition) is 0. The molecule has 3 nitrogen and oxygen atoms in total. The maximum absolute atomic E-state index is 6.08. The van der Waals surface area contributed by atoms with Crippen LogP contribution in [-0.2, 0) is 0 Å². The van der Waals surface area contributed by atoms with Crippen molar-refractivity contribution in [2.24, 2.45) is 0 Å². The van der Waals surface area contributed by atoms with Gasteiger partial charge < -0.3 is 4.42 Å². The predicted octanol–water partition coefficient (Wildman–Crippen LogP) is 6.35. The highest BCUT2D eigenvalue weighted by Gasteiger charge is 2.16. The highest BCUT2D eigenvalue weighted by molar-refractivity contribution is 6.15. The Labute approximate surface area is 154 Å². The van der Waals surface area contributed by atoms with Gasteiger partial charge in [0.25, 0.3) is 0 Å². The summed E-state index contributed by atoms with van der Waals surface area (Å²) in [5, 5.41) is 6.72. The normalized spacial score (nSPS) is 11.7. The fourth-order valence-electron chi connectivity index (χ4n) is 3.93. The van der Waals surface area contributed by atoms with Gasteiger partial charge in [0, 0.05) is 10.9 Å². The quantitative estimate of drug-likeness (QED) is 0.348. The molecule has 0 amide bonds. The molecule has 0 bridgehead atoms. The standard InChI is InChI=1S/C24H14N2O/c1-2-8-17-13-21-20(12-16(17)7-1)22-23(25-14-26-24(22)27-21)19-11-5-9-15-6-3-4-10-18(15)19/h1-14H. The zero-order valence-electron chi connectivity index (χ0n) is 14.4. The molecule has 0 radical (unpaired) electrons. The minimum atomic E-state index is 0.623. The van der Waals surface area contributed by atoms with Crippen molar-refractivity contribution in [1.82, 2.24) is 9.97 Å². The summed E-state index contributed by atoms with van der Waals surface area (Å²) in [6.45, 7) is 0. The number of aromatic nitrogens is 2. The van der Waals surface area contributed by atoms with Crippen LogP contribution in [0.25, 0.3) is 54.9 Å². The van der Waals surface area contributed by atoms with Crippen LogP contribution in [0.3, 0.4) is 0 Å². The molecule has 4 aromatic carbocycles. The van der Waals surface area contributed by atoms with Gasteiger partial charge in [0.2, 0.25) is 5.71 Å². The van der Waals surface area contributed by atoms with Crippen molar-refractivity contribution < 1.29 is 4.42 Å². The van der Waals surface area contributed by atoms with Crippen molar-refractivity contribution in [3.8, 4) is 11.3 Å². The van der Waals surface area contributed by atoms with Gasteiger partial charge in [-0.3, -0.25) is 0 Å².